The van der Waals surface area contributed by atoms with E-state index in [-0.39, 0.29) is 11.7 Å². The predicted octanol–water partition coefficient (Wildman–Crippen LogP) is 3.55. The number of nitrogens with zero attached hydrogens (tertiary/aromatic N) is 1. The molecule has 1 aromatic rings. The number of para-hydroxylation sites is 1. The van der Waals surface area contributed by atoms with E-state index in [9.17, 15) is 13.6 Å². The SMILES string of the molecule is C=CCCOC(C)C(=O)N1CCCc2cccc(OC(F)F)c21. The van der Waals surface area contributed by atoms with E-state index in [1.165, 1.54) is 11.0 Å². The van der Waals surface area contributed by atoms with Crippen LogP contribution in [0.25, 0.3) is 0 Å². The standard InChI is InChI=1S/C17H21F2NO3/c1-3-4-11-22-12(2)16(21)20-10-6-8-13-7-5-9-14(15(13)20)23-17(18)19/h3,5,7,9,12,17H,1,4,6,8,10-11H2,2H3. The summed E-state index contributed by atoms with van der Waals surface area (Å²) < 4.78 is 35.3. The van der Waals surface area contributed by atoms with Crippen molar-refractivity contribution in [1.29, 1.82) is 0 Å². The Morgan fingerprint density at radius 3 is 2.96 bits per heavy atom. The molecule has 0 saturated heterocycles. The quantitative estimate of drug-likeness (QED) is 0.568. The van der Waals surface area contributed by atoms with E-state index in [0.29, 0.717) is 25.3 Å². The first-order valence-electron chi connectivity index (χ1n) is 7.65. The number of alkyl halides is 2. The van der Waals surface area contributed by atoms with Gasteiger partial charge in [-0.25, -0.2) is 0 Å². The largest absolute Gasteiger partial charge is 0.433 e. The Kier molecular flexibility index (Phi) is 6.10. The molecule has 0 radical (unpaired) electrons. The first-order chi connectivity index (χ1) is 11.0. The highest BCUT2D eigenvalue weighted by Gasteiger charge is 2.30. The van der Waals surface area contributed by atoms with Crippen LogP contribution in [-0.2, 0) is 16.0 Å². The summed E-state index contributed by atoms with van der Waals surface area (Å²) in [6, 6.07) is 4.95. The van der Waals surface area contributed by atoms with Crippen molar-refractivity contribution >= 4 is 11.6 Å². The second-order valence-corrected chi connectivity index (χ2v) is 5.33. The van der Waals surface area contributed by atoms with Gasteiger partial charge in [-0.05, 0) is 37.8 Å². The third kappa shape index (κ3) is 4.28. The van der Waals surface area contributed by atoms with Crippen molar-refractivity contribution in [2.24, 2.45) is 0 Å². The van der Waals surface area contributed by atoms with Gasteiger partial charge in [-0.1, -0.05) is 18.2 Å². The van der Waals surface area contributed by atoms with Crippen LogP contribution in [0.2, 0.25) is 0 Å². The molecule has 1 aromatic carbocycles. The third-order valence-corrected chi connectivity index (χ3v) is 3.70. The van der Waals surface area contributed by atoms with Gasteiger partial charge in [0.15, 0.2) is 0 Å². The van der Waals surface area contributed by atoms with Crippen molar-refractivity contribution < 1.29 is 23.0 Å². The van der Waals surface area contributed by atoms with Crippen LogP contribution in [0.5, 0.6) is 5.75 Å². The normalized spacial score (nSPS) is 15.2. The lowest BCUT2D eigenvalue weighted by Gasteiger charge is -2.32. The number of anilines is 1. The lowest BCUT2D eigenvalue weighted by Crippen LogP contribution is -2.42. The number of hydrogen-bond acceptors (Lipinski definition) is 3. The predicted molar refractivity (Wildman–Crippen MR) is 84.0 cm³/mol. The van der Waals surface area contributed by atoms with Crippen LogP contribution in [0.15, 0.2) is 30.9 Å². The highest BCUT2D eigenvalue weighted by atomic mass is 19.3. The molecule has 1 aliphatic heterocycles. The summed E-state index contributed by atoms with van der Waals surface area (Å²) in [6.07, 6.45) is 3.21. The van der Waals surface area contributed by atoms with Gasteiger partial charge in [0.1, 0.15) is 11.9 Å². The summed E-state index contributed by atoms with van der Waals surface area (Å²) >= 11 is 0. The first-order valence-corrected chi connectivity index (χ1v) is 7.65. The molecule has 6 heteroatoms. The smallest absolute Gasteiger partial charge is 0.387 e. The summed E-state index contributed by atoms with van der Waals surface area (Å²) in [7, 11) is 0. The van der Waals surface area contributed by atoms with Gasteiger partial charge in [0, 0.05) is 6.54 Å². The number of aryl methyl sites for hydroxylation is 1. The molecule has 23 heavy (non-hydrogen) atoms. The molecule has 1 aliphatic rings. The van der Waals surface area contributed by atoms with Crippen molar-refractivity contribution in [3.63, 3.8) is 0 Å². The number of rotatable bonds is 7. The molecule has 0 spiro atoms. The summed E-state index contributed by atoms with van der Waals surface area (Å²) in [6.45, 7) is 3.19. The van der Waals surface area contributed by atoms with Gasteiger partial charge >= 0.3 is 6.61 Å². The summed E-state index contributed by atoms with van der Waals surface area (Å²) in [5, 5.41) is 0. The fourth-order valence-corrected chi connectivity index (χ4v) is 2.65. The molecule has 1 amide bonds. The Hall–Kier alpha value is -1.95. The Morgan fingerprint density at radius 2 is 2.26 bits per heavy atom. The Morgan fingerprint density at radius 1 is 1.48 bits per heavy atom. The molecule has 0 bridgehead atoms. The number of halogens is 2. The third-order valence-electron chi connectivity index (χ3n) is 3.70. The molecule has 1 atom stereocenters. The topological polar surface area (TPSA) is 38.8 Å². The molecule has 126 valence electrons. The van der Waals surface area contributed by atoms with Crippen LogP contribution < -0.4 is 9.64 Å². The van der Waals surface area contributed by atoms with E-state index in [1.54, 1.807) is 19.1 Å². The number of hydrogen-bond donors (Lipinski definition) is 0. The molecule has 2 rings (SSSR count). The maximum atomic E-state index is 12.6. The summed E-state index contributed by atoms with van der Waals surface area (Å²) in [5.74, 6) is -0.218. The minimum atomic E-state index is -2.93. The van der Waals surface area contributed by atoms with Gasteiger partial charge < -0.3 is 14.4 Å². The van der Waals surface area contributed by atoms with Crippen LogP contribution >= 0.6 is 0 Å². The van der Waals surface area contributed by atoms with Gasteiger partial charge in [0.2, 0.25) is 0 Å². The number of benzene rings is 1. The molecule has 4 nitrogen and oxygen atoms in total. The number of fused-ring (bicyclic) bond motifs is 1. The van der Waals surface area contributed by atoms with Crippen LogP contribution in [0, 0.1) is 0 Å². The van der Waals surface area contributed by atoms with Gasteiger partial charge in [-0.3, -0.25) is 4.79 Å². The van der Waals surface area contributed by atoms with E-state index >= 15 is 0 Å². The van der Waals surface area contributed by atoms with Crippen molar-refractivity contribution in [1.82, 2.24) is 0 Å². The molecule has 1 heterocycles. The van der Waals surface area contributed by atoms with Gasteiger partial charge in [-0.2, -0.15) is 8.78 Å². The number of carbonyl (C=O) groups is 1. The minimum Gasteiger partial charge on any atom is -0.433 e. The molecule has 0 N–H and O–H groups in total. The number of amides is 1. The summed E-state index contributed by atoms with van der Waals surface area (Å²) in [5.41, 5.74) is 1.27. The number of ether oxygens (including phenoxy) is 2. The lowest BCUT2D eigenvalue weighted by atomic mass is 10.0. The van der Waals surface area contributed by atoms with E-state index in [4.69, 9.17) is 4.74 Å². The molecule has 0 saturated carbocycles. The van der Waals surface area contributed by atoms with Gasteiger partial charge in [0.25, 0.3) is 5.91 Å². The highest BCUT2D eigenvalue weighted by molar-refractivity contribution is 5.98. The first kappa shape index (κ1) is 17.4. The average molecular weight is 325 g/mol. The van der Waals surface area contributed by atoms with E-state index in [1.807, 2.05) is 6.07 Å². The van der Waals surface area contributed by atoms with Crippen molar-refractivity contribution in [2.75, 3.05) is 18.1 Å². The van der Waals surface area contributed by atoms with E-state index in [0.717, 1.165) is 18.4 Å². The van der Waals surface area contributed by atoms with Gasteiger partial charge in [-0.15, -0.1) is 6.58 Å². The van der Waals surface area contributed by atoms with Crippen LogP contribution in [0.4, 0.5) is 14.5 Å². The van der Waals surface area contributed by atoms with Crippen molar-refractivity contribution in [3.05, 3.63) is 36.4 Å². The zero-order valence-electron chi connectivity index (χ0n) is 13.1. The Bertz CT molecular complexity index is 563. The molecule has 0 fully saturated rings. The van der Waals surface area contributed by atoms with Crippen LogP contribution in [-0.4, -0.2) is 31.8 Å². The fourth-order valence-electron chi connectivity index (χ4n) is 2.65. The van der Waals surface area contributed by atoms with E-state index < -0.39 is 12.7 Å². The monoisotopic (exact) mass is 325 g/mol. The molecule has 0 aromatic heterocycles. The Balaban J connectivity index is 2.22. The lowest BCUT2D eigenvalue weighted by molar-refractivity contribution is -0.129. The maximum absolute atomic E-state index is 12.6. The minimum absolute atomic E-state index is 0.0313. The zero-order valence-corrected chi connectivity index (χ0v) is 13.1. The van der Waals surface area contributed by atoms with Crippen molar-refractivity contribution in [2.45, 2.75) is 38.9 Å². The fraction of sp³-hybridized carbons (Fsp3) is 0.471. The molecule has 0 aliphatic carbocycles. The second-order valence-electron chi connectivity index (χ2n) is 5.33. The maximum Gasteiger partial charge on any atom is 0.387 e. The zero-order chi connectivity index (χ0) is 16.8. The molecular weight excluding hydrogens is 304 g/mol. The second kappa shape index (κ2) is 8.06. The van der Waals surface area contributed by atoms with Gasteiger partial charge in [0.05, 0.1) is 12.3 Å². The number of carbonyl (C=O) groups excluding carboxylic acids is 1. The van der Waals surface area contributed by atoms with Crippen LogP contribution in [0.3, 0.4) is 0 Å². The average Bonchev–Trinajstić information content (AvgIpc) is 2.53. The summed E-state index contributed by atoms with van der Waals surface area (Å²) in [4.78, 5) is 14.1. The molecular formula is C17H21F2NO3. The van der Waals surface area contributed by atoms with Crippen molar-refractivity contribution in [3.8, 4) is 5.75 Å². The highest BCUT2D eigenvalue weighted by Crippen LogP contribution is 2.37. The van der Waals surface area contributed by atoms with Crippen LogP contribution in [0.1, 0.15) is 25.3 Å². The molecule has 1 unspecified atom stereocenters. The van der Waals surface area contributed by atoms with E-state index in [2.05, 4.69) is 11.3 Å². The Labute approximate surface area is 134 Å².